The van der Waals surface area contributed by atoms with Gasteiger partial charge in [-0.25, -0.2) is 14.2 Å². The summed E-state index contributed by atoms with van der Waals surface area (Å²) in [5.41, 5.74) is 2.21. The van der Waals surface area contributed by atoms with Crippen molar-refractivity contribution in [3.05, 3.63) is 41.2 Å². The predicted octanol–water partition coefficient (Wildman–Crippen LogP) is 2.09. The number of carbonyl (C=O) groups is 2. The third-order valence-electron chi connectivity index (χ3n) is 6.20. The molecule has 4 heterocycles. The number of nitrogens with zero attached hydrogens (tertiary/aromatic N) is 3. The van der Waals surface area contributed by atoms with Crippen LogP contribution in [0, 0.1) is 5.82 Å². The molecule has 3 aliphatic rings. The van der Waals surface area contributed by atoms with Gasteiger partial charge in [0.25, 0.3) is 0 Å². The number of pyridine rings is 1. The van der Waals surface area contributed by atoms with Crippen LogP contribution in [0.4, 0.5) is 26.5 Å². The Morgan fingerprint density at radius 1 is 1.24 bits per heavy atom. The molecular weight excluding hydrogens is 429 g/mol. The molecule has 1 saturated heterocycles. The molecule has 0 bridgehead atoms. The van der Waals surface area contributed by atoms with Crippen LogP contribution in [0.5, 0.6) is 5.75 Å². The topological polar surface area (TPSA) is 96.0 Å². The van der Waals surface area contributed by atoms with Crippen LogP contribution in [0.2, 0.25) is 0 Å². The van der Waals surface area contributed by atoms with E-state index >= 15 is 0 Å². The van der Waals surface area contributed by atoms with Crippen LogP contribution in [0.1, 0.15) is 17.5 Å². The van der Waals surface area contributed by atoms with Gasteiger partial charge in [-0.05, 0) is 43.1 Å². The Hall–Kier alpha value is -3.40. The van der Waals surface area contributed by atoms with Crippen molar-refractivity contribution in [3.63, 3.8) is 0 Å². The lowest BCUT2D eigenvalue weighted by Crippen LogP contribution is -2.34. The first-order valence-corrected chi connectivity index (χ1v) is 11.1. The Bertz CT molecular complexity index is 1090. The first kappa shape index (κ1) is 21.4. The Morgan fingerprint density at radius 3 is 3.00 bits per heavy atom. The molecule has 2 aromatic rings. The van der Waals surface area contributed by atoms with Gasteiger partial charge in [0, 0.05) is 25.6 Å². The van der Waals surface area contributed by atoms with E-state index in [0.29, 0.717) is 80.7 Å². The molecular formula is C23H26FN5O4. The Morgan fingerprint density at radius 2 is 2.12 bits per heavy atom. The van der Waals surface area contributed by atoms with Crippen molar-refractivity contribution in [1.29, 1.82) is 0 Å². The molecule has 0 radical (unpaired) electrons. The van der Waals surface area contributed by atoms with Crippen LogP contribution in [-0.4, -0.2) is 62.9 Å². The number of hydrogen-bond donors (Lipinski definition) is 2. The molecule has 33 heavy (non-hydrogen) atoms. The molecule has 2 N–H and O–H groups in total. The van der Waals surface area contributed by atoms with Crippen molar-refractivity contribution in [2.75, 3.05) is 55.0 Å². The van der Waals surface area contributed by atoms with Gasteiger partial charge >= 0.3 is 6.09 Å². The number of carbonyl (C=O) groups excluding carboxylic acids is 2. The van der Waals surface area contributed by atoms with Crippen molar-refractivity contribution < 1.29 is 23.5 Å². The highest BCUT2D eigenvalue weighted by atomic mass is 19.1. The van der Waals surface area contributed by atoms with Gasteiger partial charge in [0.05, 0.1) is 18.8 Å². The van der Waals surface area contributed by atoms with Gasteiger partial charge < -0.3 is 25.0 Å². The number of fused-ring (bicyclic) bond motifs is 2. The van der Waals surface area contributed by atoms with Gasteiger partial charge in [-0.3, -0.25) is 9.69 Å². The van der Waals surface area contributed by atoms with E-state index in [1.54, 1.807) is 30.1 Å². The summed E-state index contributed by atoms with van der Waals surface area (Å²) in [6, 6.07) is 6.76. The highest BCUT2D eigenvalue weighted by Gasteiger charge is 2.33. The van der Waals surface area contributed by atoms with Crippen molar-refractivity contribution in [1.82, 2.24) is 10.3 Å². The van der Waals surface area contributed by atoms with E-state index in [-0.39, 0.29) is 17.8 Å². The lowest BCUT2D eigenvalue weighted by atomic mass is 9.95. The molecule has 1 atom stereocenters. The zero-order chi connectivity index (χ0) is 22.9. The molecule has 1 aromatic heterocycles. The Kier molecular flexibility index (Phi) is 5.76. The fraction of sp³-hybridized carbons (Fsp3) is 0.435. The molecule has 174 valence electrons. The number of rotatable bonds is 6. The summed E-state index contributed by atoms with van der Waals surface area (Å²) in [7, 11) is 1.69. The fourth-order valence-corrected chi connectivity index (χ4v) is 4.50. The molecule has 2 amide bonds. The largest absolute Gasteiger partial charge is 0.488 e. The number of cyclic esters (lactones) is 1. The number of benzene rings is 1. The molecule has 0 aliphatic carbocycles. The molecule has 5 rings (SSSR count). The summed E-state index contributed by atoms with van der Waals surface area (Å²) in [6.45, 7) is 2.53. The van der Waals surface area contributed by atoms with Crippen molar-refractivity contribution in [2.24, 2.45) is 0 Å². The molecule has 9 nitrogen and oxygen atoms in total. The molecule has 0 saturated carbocycles. The van der Waals surface area contributed by atoms with E-state index in [1.807, 2.05) is 0 Å². The number of ether oxygens (including phenoxy) is 2. The molecule has 1 unspecified atom stereocenters. The second-order valence-electron chi connectivity index (χ2n) is 8.35. The second-order valence-corrected chi connectivity index (χ2v) is 8.35. The lowest BCUT2D eigenvalue weighted by Gasteiger charge is -2.28. The quantitative estimate of drug-likeness (QED) is 0.644. The Balaban J connectivity index is 1.18. The highest BCUT2D eigenvalue weighted by Crippen LogP contribution is 2.33. The van der Waals surface area contributed by atoms with Gasteiger partial charge in [-0.1, -0.05) is 6.07 Å². The number of nitrogens with one attached hydrogen (secondary N) is 2. The van der Waals surface area contributed by atoms with E-state index in [1.165, 1.54) is 11.0 Å². The molecule has 1 aromatic carbocycles. The van der Waals surface area contributed by atoms with Crippen molar-refractivity contribution in [3.8, 4) is 5.75 Å². The number of anilines is 3. The minimum Gasteiger partial charge on any atom is -0.488 e. The summed E-state index contributed by atoms with van der Waals surface area (Å²) >= 11 is 0. The third-order valence-corrected chi connectivity index (χ3v) is 6.20. The van der Waals surface area contributed by atoms with E-state index in [4.69, 9.17) is 9.47 Å². The fourth-order valence-electron chi connectivity index (χ4n) is 4.50. The van der Waals surface area contributed by atoms with Crippen LogP contribution in [-0.2, 0) is 22.4 Å². The number of aryl methyl sites for hydroxylation is 1. The van der Waals surface area contributed by atoms with Crippen LogP contribution < -0.4 is 25.2 Å². The summed E-state index contributed by atoms with van der Waals surface area (Å²) in [4.78, 5) is 32.0. The number of aromatic nitrogens is 1. The average molecular weight is 455 g/mol. The SMILES string of the molecule is CN1C(=O)CCc2ccc(F)c(CCNCC3CN(c4ccc5c(n4)NCCO5)C(=O)O3)c21. The van der Waals surface area contributed by atoms with Crippen LogP contribution >= 0.6 is 0 Å². The molecule has 1 fully saturated rings. The first-order chi connectivity index (χ1) is 16.0. The third kappa shape index (κ3) is 4.18. The van der Waals surface area contributed by atoms with Crippen molar-refractivity contribution >= 4 is 29.3 Å². The maximum absolute atomic E-state index is 14.6. The van der Waals surface area contributed by atoms with E-state index in [2.05, 4.69) is 15.6 Å². The summed E-state index contributed by atoms with van der Waals surface area (Å²) in [5.74, 6) is 1.47. The average Bonchev–Trinajstić information content (AvgIpc) is 3.20. The monoisotopic (exact) mass is 455 g/mol. The van der Waals surface area contributed by atoms with Gasteiger partial charge in [0.1, 0.15) is 24.3 Å². The highest BCUT2D eigenvalue weighted by molar-refractivity contribution is 5.96. The smallest absolute Gasteiger partial charge is 0.416 e. The second kappa shape index (κ2) is 8.86. The summed E-state index contributed by atoms with van der Waals surface area (Å²) in [6.07, 6.45) is 0.701. The van der Waals surface area contributed by atoms with Crippen LogP contribution in [0.3, 0.4) is 0 Å². The van der Waals surface area contributed by atoms with Crippen molar-refractivity contribution in [2.45, 2.75) is 25.4 Å². The molecule has 3 aliphatic heterocycles. The zero-order valence-electron chi connectivity index (χ0n) is 18.4. The Labute approximate surface area is 190 Å². The predicted molar refractivity (Wildman–Crippen MR) is 121 cm³/mol. The maximum atomic E-state index is 14.6. The molecule has 10 heteroatoms. The van der Waals surface area contributed by atoms with Gasteiger partial charge in [-0.15, -0.1) is 0 Å². The summed E-state index contributed by atoms with van der Waals surface area (Å²) < 4.78 is 25.6. The number of halogens is 1. The minimum absolute atomic E-state index is 0.00202. The standard InChI is InChI=1S/C23H26FN5O4/c1-28-20(30)7-3-14-2-4-17(24)16(21(14)28)8-9-25-12-15-13-29(23(31)33-15)19-6-5-18-22(27-19)26-10-11-32-18/h2,4-6,15,25H,3,7-13H2,1H3,(H,26,27). The zero-order valence-corrected chi connectivity index (χ0v) is 18.4. The van der Waals surface area contributed by atoms with E-state index < -0.39 is 6.09 Å². The normalized spacial score (nSPS) is 19.5. The first-order valence-electron chi connectivity index (χ1n) is 11.1. The van der Waals surface area contributed by atoms with Gasteiger partial charge in [0.15, 0.2) is 11.6 Å². The number of hydrogen-bond acceptors (Lipinski definition) is 7. The summed E-state index contributed by atoms with van der Waals surface area (Å²) in [5, 5.41) is 6.41. The van der Waals surface area contributed by atoms with Crippen LogP contribution in [0.15, 0.2) is 24.3 Å². The maximum Gasteiger partial charge on any atom is 0.416 e. The van der Waals surface area contributed by atoms with E-state index in [0.717, 1.165) is 5.56 Å². The number of amides is 2. The van der Waals surface area contributed by atoms with Gasteiger partial charge in [0.2, 0.25) is 5.91 Å². The van der Waals surface area contributed by atoms with E-state index in [9.17, 15) is 14.0 Å². The van der Waals surface area contributed by atoms with Crippen LogP contribution in [0.25, 0.3) is 0 Å². The van der Waals surface area contributed by atoms with Gasteiger partial charge in [-0.2, -0.15) is 0 Å². The molecule has 0 spiro atoms. The lowest BCUT2D eigenvalue weighted by molar-refractivity contribution is -0.118. The minimum atomic E-state index is -0.450.